The smallest absolute Gasteiger partial charge is 0.0608 e. The summed E-state index contributed by atoms with van der Waals surface area (Å²) in [6.45, 7) is 9.27. The van der Waals surface area contributed by atoms with Crippen molar-refractivity contribution in [3.63, 3.8) is 0 Å². The van der Waals surface area contributed by atoms with Gasteiger partial charge in [0.2, 0.25) is 0 Å². The molecule has 1 saturated heterocycles. The Balaban J connectivity index is 2.19. The van der Waals surface area contributed by atoms with Gasteiger partial charge in [0.05, 0.1) is 6.54 Å². The van der Waals surface area contributed by atoms with E-state index in [0.29, 0.717) is 6.04 Å². The molecule has 1 fully saturated rings. The Morgan fingerprint density at radius 1 is 1.33 bits per heavy atom. The SMILES string of the molecule is CC#CCN1CC(C)(C)NCC1c1ccccc1. The molecule has 2 heteroatoms. The number of benzene rings is 1. The van der Waals surface area contributed by atoms with Crippen LogP contribution >= 0.6 is 0 Å². The fourth-order valence-corrected chi connectivity index (χ4v) is 2.53. The Kier molecular flexibility index (Phi) is 4.06. The number of piperazine rings is 1. The van der Waals surface area contributed by atoms with Crippen molar-refractivity contribution in [2.45, 2.75) is 32.4 Å². The number of nitrogens with zero attached hydrogens (tertiary/aromatic N) is 1. The van der Waals surface area contributed by atoms with Crippen LogP contribution in [-0.2, 0) is 0 Å². The lowest BCUT2D eigenvalue weighted by Crippen LogP contribution is -2.58. The van der Waals surface area contributed by atoms with Gasteiger partial charge in [-0.2, -0.15) is 0 Å². The van der Waals surface area contributed by atoms with Gasteiger partial charge in [0, 0.05) is 24.7 Å². The van der Waals surface area contributed by atoms with Crippen LogP contribution in [0.2, 0.25) is 0 Å². The van der Waals surface area contributed by atoms with Crippen molar-refractivity contribution in [2.24, 2.45) is 0 Å². The summed E-state index contributed by atoms with van der Waals surface area (Å²) in [6, 6.07) is 11.1. The van der Waals surface area contributed by atoms with Crippen molar-refractivity contribution in [1.29, 1.82) is 0 Å². The second kappa shape index (κ2) is 5.56. The monoisotopic (exact) mass is 242 g/mol. The van der Waals surface area contributed by atoms with E-state index in [4.69, 9.17) is 0 Å². The summed E-state index contributed by atoms with van der Waals surface area (Å²) < 4.78 is 0. The topological polar surface area (TPSA) is 15.3 Å². The fraction of sp³-hybridized carbons (Fsp3) is 0.500. The third kappa shape index (κ3) is 3.13. The summed E-state index contributed by atoms with van der Waals surface area (Å²) in [5.74, 6) is 6.21. The summed E-state index contributed by atoms with van der Waals surface area (Å²) in [4.78, 5) is 2.47. The lowest BCUT2D eigenvalue weighted by Gasteiger charge is -2.44. The summed E-state index contributed by atoms with van der Waals surface area (Å²) >= 11 is 0. The highest BCUT2D eigenvalue weighted by molar-refractivity contribution is 5.21. The zero-order valence-corrected chi connectivity index (χ0v) is 11.5. The lowest BCUT2D eigenvalue weighted by atomic mass is 9.95. The molecule has 0 saturated carbocycles. The first-order chi connectivity index (χ1) is 8.62. The van der Waals surface area contributed by atoms with Crippen molar-refractivity contribution in [1.82, 2.24) is 10.2 Å². The summed E-state index contributed by atoms with van der Waals surface area (Å²) in [6.07, 6.45) is 0. The van der Waals surface area contributed by atoms with Crippen molar-refractivity contribution >= 4 is 0 Å². The van der Waals surface area contributed by atoms with Crippen LogP contribution in [0.4, 0.5) is 0 Å². The van der Waals surface area contributed by atoms with E-state index in [1.54, 1.807) is 0 Å². The summed E-state index contributed by atoms with van der Waals surface area (Å²) in [5, 5.41) is 3.62. The van der Waals surface area contributed by atoms with Crippen LogP contribution in [0.15, 0.2) is 30.3 Å². The quantitative estimate of drug-likeness (QED) is 0.801. The molecular weight excluding hydrogens is 220 g/mol. The number of nitrogens with one attached hydrogen (secondary N) is 1. The van der Waals surface area contributed by atoms with E-state index in [-0.39, 0.29) is 5.54 Å². The average molecular weight is 242 g/mol. The molecule has 1 N–H and O–H groups in total. The molecule has 2 nitrogen and oxygen atoms in total. The van der Waals surface area contributed by atoms with Crippen LogP contribution in [0.1, 0.15) is 32.4 Å². The van der Waals surface area contributed by atoms with Crippen molar-refractivity contribution in [2.75, 3.05) is 19.6 Å². The molecule has 2 rings (SSSR count). The van der Waals surface area contributed by atoms with E-state index in [2.05, 4.69) is 66.2 Å². The zero-order valence-electron chi connectivity index (χ0n) is 11.5. The highest BCUT2D eigenvalue weighted by Crippen LogP contribution is 2.26. The number of hydrogen-bond donors (Lipinski definition) is 1. The van der Waals surface area contributed by atoms with Crippen LogP contribution in [0, 0.1) is 11.8 Å². The van der Waals surface area contributed by atoms with E-state index >= 15 is 0 Å². The zero-order chi connectivity index (χ0) is 13.0. The van der Waals surface area contributed by atoms with E-state index in [1.165, 1.54) is 5.56 Å². The minimum atomic E-state index is 0.167. The molecule has 1 unspecified atom stereocenters. The first-order valence-corrected chi connectivity index (χ1v) is 6.56. The molecule has 96 valence electrons. The first-order valence-electron chi connectivity index (χ1n) is 6.56. The Morgan fingerprint density at radius 2 is 2.06 bits per heavy atom. The molecule has 18 heavy (non-hydrogen) atoms. The Labute approximate surface area is 110 Å². The van der Waals surface area contributed by atoms with Gasteiger partial charge in [-0.3, -0.25) is 4.90 Å². The molecule has 0 radical (unpaired) electrons. The van der Waals surface area contributed by atoms with Gasteiger partial charge < -0.3 is 5.32 Å². The molecule has 1 heterocycles. The van der Waals surface area contributed by atoms with Crippen LogP contribution in [-0.4, -0.2) is 30.1 Å². The maximum atomic E-state index is 3.62. The Bertz CT molecular complexity index is 439. The van der Waals surface area contributed by atoms with Crippen LogP contribution in [0.3, 0.4) is 0 Å². The van der Waals surface area contributed by atoms with Gasteiger partial charge in [0.25, 0.3) is 0 Å². The molecule has 1 aliphatic heterocycles. The number of hydrogen-bond acceptors (Lipinski definition) is 2. The van der Waals surface area contributed by atoms with Crippen molar-refractivity contribution in [3.05, 3.63) is 35.9 Å². The first kappa shape index (κ1) is 13.1. The lowest BCUT2D eigenvalue weighted by molar-refractivity contribution is 0.110. The largest absolute Gasteiger partial charge is 0.309 e. The van der Waals surface area contributed by atoms with Gasteiger partial charge in [0.15, 0.2) is 0 Å². The summed E-state index contributed by atoms with van der Waals surface area (Å²) in [5.41, 5.74) is 1.54. The molecule has 0 aromatic heterocycles. The fourth-order valence-electron chi connectivity index (χ4n) is 2.53. The van der Waals surface area contributed by atoms with Gasteiger partial charge in [-0.25, -0.2) is 0 Å². The van der Waals surface area contributed by atoms with Gasteiger partial charge in [0.1, 0.15) is 0 Å². The van der Waals surface area contributed by atoms with Crippen LogP contribution < -0.4 is 5.32 Å². The predicted octanol–water partition coefficient (Wildman–Crippen LogP) is 2.43. The van der Waals surface area contributed by atoms with Crippen LogP contribution in [0.25, 0.3) is 0 Å². The predicted molar refractivity (Wildman–Crippen MR) is 76.3 cm³/mol. The molecule has 0 spiro atoms. The van der Waals surface area contributed by atoms with Crippen LogP contribution in [0.5, 0.6) is 0 Å². The van der Waals surface area contributed by atoms with E-state index in [0.717, 1.165) is 19.6 Å². The van der Waals surface area contributed by atoms with Gasteiger partial charge in [-0.1, -0.05) is 36.3 Å². The maximum absolute atomic E-state index is 3.62. The van der Waals surface area contributed by atoms with E-state index in [1.807, 2.05) is 6.92 Å². The molecule has 0 aliphatic carbocycles. The molecule has 1 aromatic rings. The standard InChI is InChI=1S/C16H22N2/c1-4-5-11-18-13-16(2,3)17-12-15(18)14-9-7-6-8-10-14/h6-10,15,17H,11-13H2,1-3H3. The highest BCUT2D eigenvalue weighted by atomic mass is 15.2. The molecule has 0 bridgehead atoms. The third-order valence-electron chi connectivity index (χ3n) is 3.46. The van der Waals surface area contributed by atoms with Gasteiger partial charge >= 0.3 is 0 Å². The molecular formula is C16H22N2. The van der Waals surface area contributed by atoms with Gasteiger partial charge in [-0.15, -0.1) is 5.92 Å². The summed E-state index contributed by atoms with van der Waals surface area (Å²) in [7, 11) is 0. The minimum Gasteiger partial charge on any atom is -0.309 e. The molecule has 0 amide bonds. The third-order valence-corrected chi connectivity index (χ3v) is 3.46. The second-order valence-corrected chi connectivity index (χ2v) is 5.52. The van der Waals surface area contributed by atoms with E-state index < -0.39 is 0 Å². The molecule has 1 aromatic carbocycles. The Morgan fingerprint density at radius 3 is 2.72 bits per heavy atom. The minimum absolute atomic E-state index is 0.167. The number of rotatable bonds is 2. The average Bonchev–Trinajstić information content (AvgIpc) is 2.36. The normalized spacial score (nSPS) is 23.2. The van der Waals surface area contributed by atoms with Gasteiger partial charge in [-0.05, 0) is 26.3 Å². The van der Waals surface area contributed by atoms with E-state index in [9.17, 15) is 0 Å². The molecule has 1 aliphatic rings. The van der Waals surface area contributed by atoms with Crippen molar-refractivity contribution in [3.8, 4) is 11.8 Å². The maximum Gasteiger partial charge on any atom is 0.0608 e. The second-order valence-electron chi connectivity index (χ2n) is 5.52. The highest BCUT2D eigenvalue weighted by Gasteiger charge is 2.32. The molecule has 1 atom stereocenters. The van der Waals surface area contributed by atoms with Crippen molar-refractivity contribution < 1.29 is 0 Å². The Hall–Kier alpha value is -1.30.